The molecule has 0 aliphatic rings. The summed E-state index contributed by atoms with van der Waals surface area (Å²) in [5.41, 5.74) is 5.35. The van der Waals surface area contributed by atoms with Crippen LogP contribution in [0, 0.1) is 20.8 Å². The van der Waals surface area contributed by atoms with Gasteiger partial charge in [-0.05, 0) is 61.9 Å². The molecular formula is C17H22ClNS. The maximum absolute atomic E-state index is 6.37. The van der Waals surface area contributed by atoms with E-state index in [0.29, 0.717) is 0 Å². The molecule has 1 heterocycles. The molecule has 1 aromatic carbocycles. The second-order valence-corrected chi connectivity index (χ2v) is 6.69. The number of hydrogen-bond donors (Lipinski definition) is 1. The van der Waals surface area contributed by atoms with Crippen molar-refractivity contribution in [2.45, 2.75) is 40.2 Å². The Hall–Kier alpha value is -0.830. The number of rotatable bonds is 5. The molecular weight excluding hydrogens is 286 g/mol. The molecule has 0 aliphatic heterocycles. The van der Waals surface area contributed by atoms with Crippen LogP contribution in [0.25, 0.3) is 0 Å². The average Bonchev–Trinajstić information content (AvgIpc) is 2.78. The van der Waals surface area contributed by atoms with Gasteiger partial charge in [-0.1, -0.05) is 36.2 Å². The van der Waals surface area contributed by atoms with E-state index in [-0.39, 0.29) is 6.04 Å². The zero-order valence-electron chi connectivity index (χ0n) is 12.6. The summed E-state index contributed by atoms with van der Waals surface area (Å²) in [7, 11) is 0. The Kier molecular flexibility index (Phi) is 5.25. The topological polar surface area (TPSA) is 12.0 Å². The fourth-order valence-corrected chi connectivity index (χ4v) is 4.02. The quantitative estimate of drug-likeness (QED) is 0.778. The maximum atomic E-state index is 6.37. The normalized spacial score (nSPS) is 12.7. The summed E-state index contributed by atoms with van der Waals surface area (Å²) >= 11 is 8.10. The summed E-state index contributed by atoms with van der Waals surface area (Å²) in [6.45, 7) is 9.71. The molecule has 2 rings (SSSR count). The Morgan fingerprint density at radius 3 is 2.35 bits per heavy atom. The highest BCUT2D eigenvalue weighted by Gasteiger charge is 2.21. The van der Waals surface area contributed by atoms with E-state index < -0.39 is 0 Å². The minimum atomic E-state index is 0.197. The molecule has 0 saturated heterocycles. The third kappa shape index (κ3) is 3.25. The fraction of sp³-hybridized carbons (Fsp3) is 0.412. The van der Waals surface area contributed by atoms with E-state index in [2.05, 4.69) is 50.5 Å². The van der Waals surface area contributed by atoms with Gasteiger partial charge in [-0.25, -0.2) is 0 Å². The van der Waals surface area contributed by atoms with Crippen molar-refractivity contribution in [3.8, 4) is 0 Å². The van der Waals surface area contributed by atoms with Gasteiger partial charge in [0.25, 0.3) is 0 Å². The Balaban J connectivity index is 2.50. The van der Waals surface area contributed by atoms with Gasteiger partial charge in [0, 0.05) is 4.88 Å². The van der Waals surface area contributed by atoms with Gasteiger partial charge in [0.15, 0.2) is 0 Å². The first-order valence-corrected chi connectivity index (χ1v) is 8.34. The largest absolute Gasteiger partial charge is 0.306 e. The monoisotopic (exact) mass is 307 g/mol. The number of halogens is 1. The molecule has 2 aromatic rings. The molecule has 0 saturated carbocycles. The van der Waals surface area contributed by atoms with Gasteiger partial charge < -0.3 is 5.32 Å². The molecule has 0 radical (unpaired) electrons. The van der Waals surface area contributed by atoms with E-state index in [4.69, 9.17) is 11.6 Å². The SMILES string of the molecule is CCCNC(c1sccc1Cl)c1c(C)cc(C)cc1C. The predicted octanol–water partition coefficient (Wildman–Crippen LogP) is 5.42. The van der Waals surface area contributed by atoms with Crippen molar-refractivity contribution in [1.29, 1.82) is 0 Å². The first kappa shape index (κ1) is 15.6. The van der Waals surface area contributed by atoms with Crippen LogP contribution in [0.4, 0.5) is 0 Å². The van der Waals surface area contributed by atoms with Crippen molar-refractivity contribution in [2.24, 2.45) is 0 Å². The summed E-state index contributed by atoms with van der Waals surface area (Å²) in [5, 5.41) is 6.59. The Morgan fingerprint density at radius 1 is 1.20 bits per heavy atom. The van der Waals surface area contributed by atoms with Crippen LogP contribution in [-0.2, 0) is 0 Å². The minimum absolute atomic E-state index is 0.197. The molecule has 108 valence electrons. The lowest BCUT2D eigenvalue weighted by molar-refractivity contribution is 0.601. The van der Waals surface area contributed by atoms with Crippen molar-refractivity contribution in [3.63, 3.8) is 0 Å². The third-order valence-corrected chi connectivity index (χ3v) is 4.96. The number of nitrogens with one attached hydrogen (secondary N) is 1. The lowest BCUT2D eigenvalue weighted by Gasteiger charge is -2.23. The van der Waals surface area contributed by atoms with E-state index in [1.165, 1.54) is 27.1 Å². The second-order valence-electron chi connectivity index (χ2n) is 5.33. The van der Waals surface area contributed by atoms with Crippen molar-refractivity contribution >= 4 is 22.9 Å². The lowest BCUT2D eigenvalue weighted by atomic mass is 9.93. The molecule has 1 aromatic heterocycles. The van der Waals surface area contributed by atoms with Gasteiger partial charge in [-0.2, -0.15) is 0 Å². The summed E-state index contributed by atoms with van der Waals surface area (Å²) in [4.78, 5) is 1.22. The summed E-state index contributed by atoms with van der Waals surface area (Å²) in [6, 6.07) is 6.69. The highest BCUT2D eigenvalue weighted by atomic mass is 35.5. The zero-order chi connectivity index (χ0) is 14.7. The van der Waals surface area contributed by atoms with E-state index in [1.807, 2.05) is 6.07 Å². The van der Waals surface area contributed by atoms with Crippen molar-refractivity contribution in [3.05, 3.63) is 55.7 Å². The number of benzene rings is 1. The Bertz CT molecular complexity index is 565. The number of hydrogen-bond acceptors (Lipinski definition) is 2. The molecule has 0 fully saturated rings. The summed E-state index contributed by atoms with van der Waals surface area (Å²) < 4.78 is 0. The van der Waals surface area contributed by atoms with Crippen LogP contribution in [-0.4, -0.2) is 6.54 Å². The molecule has 3 heteroatoms. The van der Waals surface area contributed by atoms with Crippen LogP contribution in [0.5, 0.6) is 0 Å². The smallest absolute Gasteiger partial charge is 0.0691 e. The molecule has 1 atom stereocenters. The van der Waals surface area contributed by atoms with Crippen molar-refractivity contribution in [1.82, 2.24) is 5.32 Å². The standard InChI is InChI=1S/C17H22ClNS/c1-5-7-19-16(17-14(18)6-8-20-17)15-12(3)9-11(2)10-13(15)4/h6,8-10,16,19H,5,7H2,1-4H3. The van der Waals surface area contributed by atoms with Crippen LogP contribution in [0.3, 0.4) is 0 Å². The molecule has 0 spiro atoms. The van der Waals surface area contributed by atoms with Crippen molar-refractivity contribution in [2.75, 3.05) is 6.54 Å². The van der Waals surface area contributed by atoms with Gasteiger partial charge in [-0.3, -0.25) is 0 Å². The molecule has 0 aliphatic carbocycles. The maximum Gasteiger partial charge on any atom is 0.0691 e. The van der Waals surface area contributed by atoms with Gasteiger partial charge >= 0.3 is 0 Å². The number of aryl methyl sites for hydroxylation is 3. The van der Waals surface area contributed by atoms with Crippen LogP contribution >= 0.6 is 22.9 Å². The summed E-state index contributed by atoms with van der Waals surface area (Å²) in [6.07, 6.45) is 1.11. The predicted molar refractivity (Wildman–Crippen MR) is 90.1 cm³/mol. The van der Waals surface area contributed by atoms with Gasteiger partial charge in [0.1, 0.15) is 0 Å². The first-order chi connectivity index (χ1) is 9.54. The molecule has 1 nitrogen and oxygen atoms in total. The highest BCUT2D eigenvalue weighted by molar-refractivity contribution is 7.10. The number of thiophene rings is 1. The molecule has 1 unspecified atom stereocenters. The highest BCUT2D eigenvalue weighted by Crippen LogP contribution is 2.36. The van der Waals surface area contributed by atoms with Crippen LogP contribution < -0.4 is 5.32 Å². The summed E-state index contributed by atoms with van der Waals surface area (Å²) in [5.74, 6) is 0. The second kappa shape index (κ2) is 6.75. The van der Waals surface area contributed by atoms with E-state index >= 15 is 0 Å². The lowest BCUT2D eigenvalue weighted by Crippen LogP contribution is -2.24. The molecule has 1 N–H and O–H groups in total. The zero-order valence-corrected chi connectivity index (χ0v) is 14.2. The minimum Gasteiger partial charge on any atom is -0.306 e. The first-order valence-electron chi connectivity index (χ1n) is 7.08. The van der Waals surface area contributed by atoms with Crippen LogP contribution in [0.1, 0.15) is 46.5 Å². The Morgan fingerprint density at radius 2 is 1.85 bits per heavy atom. The van der Waals surface area contributed by atoms with Crippen LogP contribution in [0.2, 0.25) is 5.02 Å². The van der Waals surface area contributed by atoms with Crippen LogP contribution in [0.15, 0.2) is 23.6 Å². The van der Waals surface area contributed by atoms with Gasteiger partial charge in [0.2, 0.25) is 0 Å². The van der Waals surface area contributed by atoms with Gasteiger partial charge in [-0.15, -0.1) is 11.3 Å². The van der Waals surface area contributed by atoms with E-state index in [1.54, 1.807) is 11.3 Å². The molecule has 20 heavy (non-hydrogen) atoms. The van der Waals surface area contributed by atoms with Gasteiger partial charge in [0.05, 0.1) is 11.1 Å². The molecule has 0 bridgehead atoms. The van der Waals surface area contributed by atoms with E-state index in [0.717, 1.165) is 18.0 Å². The average molecular weight is 308 g/mol. The Labute approximate surface area is 131 Å². The van der Waals surface area contributed by atoms with Crippen molar-refractivity contribution < 1.29 is 0 Å². The van der Waals surface area contributed by atoms with E-state index in [9.17, 15) is 0 Å². The molecule has 0 amide bonds. The fourth-order valence-electron chi connectivity index (χ4n) is 2.77. The third-order valence-electron chi connectivity index (χ3n) is 3.53.